The molecular formula is C5H10O2Sb. The topological polar surface area (TPSA) is 37.3 Å². The summed E-state index contributed by atoms with van der Waals surface area (Å²) in [6.45, 7) is 3.77. The fourth-order valence-corrected chi connectivity index (χ4v) is 0.349. The van der Waals surface area contributed by atoms with Gasteiger partial charge in [-0.2, -0.15) is 0 Å². The third kappa shape index (κ3) is 9.56. The molecule has 0 saturated carbocycles. The SMILES string of the molecule is CC(C)CC(=O)O.[Sb]. The molecule has 0 rings (SSSR count). The fourth-order valence-electron chi connectivity index (χ4n) is 0.349. The maximum atomic E-state index is 9.81. The van der Waals surface area contributed by atoms with Crippen LogP contribution in [0.4, 0.5) is 0 Å². The van der Waals surface area contributed by atoms with Gasteiger partial charge in [-0.3, -0.25) is 4.79 Å². The van der Waals surface area contributed by atoms with Gasteiger partial charge in [0.1, 0.15) is 0 Å². The van der Waals surface area contributed by atoms with E-state index >= 15 is 0 Å². The zero-order valence-corrected chi connectivity index (χ0v) is 7.64. The van der Waals surface area contributed by atoms with E-state index in [4.69, 9.17) is 5.11 Å². The van der Waals surface area contributed by atoms with Crippen LogP contribution in [0.25, 0.3) is 0 Å². The van der Waals surface area contributed by atoms with Gasteiger partial charge in [-0.1, -0.05) is 13.8 Å². The molecule has 0 heterocycles. The van der Waals surface area contributed by atoms with Gasteiger partial charge in [0.05, 0.1) is 0 Å². The predicted molar refractivity (Wildman–Crippen MR) is 32.8 cm³/mol. The monoisotopic (exact) mass is 223 g/mol. The van der Waals surface area contributed by atoms with Crippen LogP contribution in [-0.4, -0.2) is 35.5 Å². The third-order valence-corrected chi connectivity index (χ3v) is 0.583. The Morgan fingerprint density at radius 2 is 2.00 bits per heavy atom. The molecule has 3 heteroatoms. The fraction of sp³-hybridized carbons (Fsp3) is 0.800. The van der Waals surface area contributed by atoms with E-state index < -0.39 is 5.97 Å². The second-order valence-corrected chi connectivity index (χ2v) is 1.99. The van der Waals surface area contributed by atoms with Crippen LogP contribution in [0.1, 0.15) is 20.3 Å². The van der Waals surface area contributed by atoms with Crippen LogP contribution in [0.3, 0.4) is 0 Å². The van der Waals surface area contributed by atoms with Crippen molar-refractivity contribution in [1.29, 1.82) is 0 Å². The van der Waals surface area contributed by atoms with Gasteiger partial charge in [0.15, 0.2) is 0 Å². The normalized spacial score (nSPS) is 8.38. The van der Waals surface area contributed by atoms with Crippen molar-refractivity contribution in [1.82, 2.24) is 0 Å². The van der Waals surface area contributed by atoms with Gasteiger partial charge in [0, 0.05) is 30.8 Å². The molecule has 47 valence electrons. The van der Waals surface area contributed by atoms with Crippen LogP contribution in [0.5, 0.6) is 0 Å². The van der Waals surface area contributed by atoms with E-state index in [1.54, 1.807) is 0 Å². The molecule has 0 unspecified atom stereocenters. The van der Waals surface area contributed by atoms with Gasteiger partial charge >= 0.3 is 5.97 Å². The summed E-state index contributed by atoms with van der Waals surface area (Å²) in [7, 11) is 0. The summed E-state index contributed by atoms with van der Waals surface area (Å²) in [4.78, 5) is 9.81. The molecule has 0 aromatic heterocycles. The number of hydrogen-bond donors (Lipinski definition) is 1. The Bertz CT molecular complexity index is 70.8. The number of carboxylic acids is 1. The molecule has 0 fully saturated rings. The first-order chi connectivity index (χ1) is 3.13. The van der Waals surface area contributed by atoms with Crippen molar-refractivity contribution in [3.05, 3.63) is 0 Å². The molecule has 2 nitrogen and oxygen atoms in total. The van der Waals surface area contributed by atoms with Crippen LogP contribution in [0, 0.1) is 5.92 Å². The van der Waals surface area contributed by atoms with E-state index in [1.807, 2.05) is 13.8 Å². The summed E-state index contributed by atoms with van der Waals surface area (Å²) in [5.41, 5.74) is 0. The average molecular weight is 224 g/mol. The Balaban J connectivity index is 0. The zero-order valence-electron chi connectivity index (χ0n) is 5.09. The average Bonchev–Trinajstić information content (AvgIpc) is 1.27. The molecule has 0 atom stereocenters. The maximum Gasteiger partial charge on any atom is 0.303 e. The minimum Gasteiger partial charge on any atom is -0.481 e. The van der Waals surface area contributed by atoms with Gasteiger partial charge in [-0.25, -0.2) is 0 Å². The molecule has 0 aliphatic heterocycles. The Morgan fingerprint density at radius 3 is 2.00 bits per heavy atom. The van der Waals surface area contributed by atoms with Gasteiger partial charge < -0.3 is 5.11 Å². The molecule has 3 radical (unpaired) electrons. The van der Waals surface area contributed by atoms with Crippen LogP contribution in [0.2, 0.25) is 0 Å². The molecular weight excluding hydrogens is 214 g/mol. The van der Waals surface area contributed by atoms with Crippen molar-refractivity contribution in [3.63, 3.8) is 0 Å². The van der Waals surface area contributed by atoms with E-state index in [-0.39, 0.29) is 36.8 Å². The minimum atomic E-state index is -0.713. The summed E-state index contributed by atoms with van der Waals surface area (Å²) in [6.07, 6.45) is 0.278. The largest absolute Gasteiger partial charge is 0.481 e. The van der Waals surface area contributed by atoms with E-state index in [2.05, 4.69) is 0 Å². The van der Waals surface area contributed by atoms with Crippen LogP contribution in [-0.2, 0) is 4.79 Å². The molecule has 0 aliphatic rings. The molecule has 0 spiro atoms. The quantitative estimate of drug-likeness (QED) is 0.702. The maximum absolute atomic E-state index is 9.81. The Hall–Kier alpha value is 0.288. The van der Waals surface area contributed by atoms with Gasteiger partial charge in [0.2, 0.25) is 0 Å². The van der Waals surface area contributed by atoms with Crippen molar-refractivity contribution >= 4 is 30.4 Å². The zero-order chi connectivity index (χ0) is 5.86. The number of hydrogen-bond acceptors (Lipinski definition) is 1. The number of carbonyl (C=O) groups is 1. The third-order valence-electron chi connectivity index (χ3n) is 0.583. The number of carboxylic acid groups (broad SMARTS) is 1. The molecule has 8 heavy (non-hydrogen) atoms. The number of rotatable bonds is 2. The van der Waals surface area contributed by atoms with E-state index in [0.717, 1.165) is 0 Å². The molecule has 0 aromatic rings. The molecule has 0 amide bonds. The molecule has 0 aromatic carbocycles. The van der Waals surface area contributed by atoms with E-state index in [1.165, 1.54) is 0 Å². The number of aliphatic carboxylic acids is 1. The van der Waals surface area contributed by atoms with Crippen molar-refractivity contribution in [3.8, 4) is 0 Å². The Morgan fingerprint density at radius 1 is 1.62 bits per heavy atom. The first-order valence-corrected chi connectivity index (χ1v) is 2.34. The predicted octanol–water partition coefficient (Wildman–Crippen LogP) is 0.736. The van der Waals surface area contributed by atoms with Crippen molar-refractivity contribution in [2.24, 2.45) is 5.92 Å². The molecule has 1 N–H and O–H groups in total. The first kappa shape index (κ1) is 11.1. The summed E-state index contributed by atoms with van der Waals surface area (Å²) in [5, 5.41) is 8.08. The minimum absolute atomic E-state index is 0. The van der Waals surface area contributed by atoms with Crippen LogP contribution < -0.4 is 0 Å². The summed E-state index contributed by atoms with van der Waals surface area (Å²) < 4.78 is 0. The smallest absolute Gasteiger partial charge is 0.303 e. The van der Waals surface area contributed by atoms with Crippen LogP contribution in [0.15, 0.2) is 0 Å². The van der Waals surface area contributed by atoms with Crippen molar-refractivity contribution in [2.75, 3.05) is 0 Å². The van der Waals surface area contributed by atoms with Crippen molar-refractivity contribution in [2.45, 2.75) is 20.3 Å². The molecule has 0 bridgehead atoms. The Labute approximate surface area is 66.7 Å². The molecule has 0 aliphatic carbocycles. The second kappa shape index (κ2) is 5.43. The van der Waals surface area contributed by atoms with Crippen LogP contribution >= 0.6 is 0 Å². The van der Waals surface area contributed by atoms with Crippen molar-refractivity contribution < 1.29 is 9.90 Å². The van der Waals surface area contributed by atoms with E-state index in [9.17, 15) is 4.79 Å². The van der Waals surface area contributed by atoms with E-state index in [0.29, 0.717) is 0 Å². The molecule has 0 saturated heterocycles. The van der Waals surface area contributed by atoms with Gasteiger partial charge in [-0.15, -0.1) is 0 Å². The first-order valence-electron chi connectivity index (χ1n) is 2.34. The van der Waals surface area contributed by atoms with Gasteiger partial charge in [0.25, 0.3) is 0 Å². The van der Waals surface area contributed by atoms with Gasteiger partial charge in [-0.05, 0) is 5.92 Å². The Kier molecular flexibility index (Phi) is 7.55. The summed E-state index contributed by atoms with van der Waals surface area (Å²) >= 11 is 0. The summed E-state index contributed by atoms with van der Waals surface area (Å²) in [6, 6.07) is 0. The standard InChI is InChI=1S/C5H10O2.Sb/c1-4(2)3-5(6)7;/h4H,3H2,1-2H3,(H,6,7);. The second-order valence-electron chi connectivity index (χ2n) is 1.99. The summed E-state index contributed by atoms with van der Waals surface area (Å²) in [5.74, 6) is -0.438.